The van der Waals surface area contributed by atoms with E-state index in [4.69, 9.17) is 5.73 Å². The molecule has 0 saturated carbocycles. The summed E-state index contributed by atoms with van der Waals surface area (Å²) in [4.78, 5) is 0. The Morgan fingerprint density at radius 2 is 2.11 bits per heavy atom. The quantitative estimate of drug-likeness (QED) is 0.808. The lowest BCUT2D eigenvalue weighted by molar-refractivity contribution is 0.598. The highest BCUT2D eigenvalue weighted by atomic mass is 32.2. The summed E-state index contributed by atoms with van der Waals surface area (Å²) in [5.74, 6) is 5.84. The van der Waals surface area contributed by atoms with E-state index in [0.717, 1.165) is 17.5 Å². The number of rotatable bonds is 5. The second-order valence-corrected chi connectivity index (χ2v) is 6.15. The fraction of sp³-hybridized carbons (Fsp3) is 0.429. The first-order valence-corrected chi connectivity index (χ1v) is 7.94. The minimum Gasteiger partial charge on any atom is -0.320 e. The highest BCUT2D eigenvalue weighted by molar-refractivity contribution is 7.92. The molecule has 1 rings (SSSR count). The number of hydrogen-bond donors (Lipinski definition) is 2. The van der Waals surface area contributed by atoms with E-state index >= 15 is 0 Å². The van der Waals surface area contributed by atoms with Crippen molar-refractivity contribution in [3.8, 4) is 11.8 Å². The first-order chi connectivity index (χ1) is 8.98. The fourth-order valence-corrected chi connectivity index (χ4v) is 2.79. The van der Waals surface area contributed by atoms with Crippen LogP contribution in [0.3, 0.4) is 0 Å². The van der Waals surface area contributed by atoms with Crippen LogP contribution in [0, 0.1) is 18.8 Å². The Balaban J connectivity index is 2.91. The van der Waals surface area contributed by atoms with E-state index in [0.29, 0.717) is 12.1 Å². The van der Waals surface area contributed by atoms with Gasteiger partial charge in [-0.15, -0.1) is 0 Å². The smallest absolute Gasteiger partial charge is 0.232 e. The van der Waals surface area contributed by atoms with Crippen molar-refractivity contribution in [1.82, 2.24) is 0 Å². The van der Waals surface area contributed by atoms with Gasteiger partial charge in [0.25, 0.3) is 0 Å². The molecule has 0 unspecified atom stereocenters. The van der Waals surface area contributed by atoms with Gasteiger partial charge in [-0.25, -0.2) is 8.42 Å². The van der Waals surface area contributed by atoms with Gasteiger partial charge in [0.2, 0.25) is 10.0 Å². The number of aryl methyl sites for hydroxylation is 1. The van der Waals surface area contributed by atoms with Gasteiger partial charge in [0, 0.05) is 11.3 Å². The van der Waals surface area contributed by atoms with Crippen molar-refractivity contribution in [2.24, 2.45) is 5.73 Å². The minimum atomic E-state index is -3.27. The predicted octanol–water partition coefficient (Wildman–Crippen LogP) is 1.85. The van der Waals surface area contributed by atoms with Crippen molar-refractivity contribution in [2.75, 3.05) is 17.0 Å². The van der Waals surface area contributed by atoms with Crippen molar-refractivity contribution < 1.29 is 8.42 Å². The maximum Gasteiger partial charge on any atom is 0.232 e. The van der Waals surface area contributed by atoms with Gasteiger partial charge in [0.1, 0.15) is 0 Å². The van der Waals surface area contributed by atoms with E-state index in [1.54, 1.807) is 12.1 Å². The van der Waals surface area contributed by atoms with E-state index < -0.39 is 10.0 Å². The Hall–Kier alpha value is -1.51. The van der Waals surface area contributed by atoms with E-state index in [1.165, 1.54) is 0 Å². The Kier molecular flexibility index (Phi) is 5.87. The molecule has 0 aliphatic carbocycles. The van der Waals surface area contributed by atoms with Gasteiger partial charge < -0.3 is 5.73 Å². The number of unbranched alkanes of at least 4 members (excludes halogenated alkanes) is 1. The molecule has 1 aromatic rings. The molecule has 0 aliphatic rings. The first-order valence-electron chi connectivity index (χ1n) is 6.28. The largest absolute Gasteiger partial charge is 0.320 e. The zero-order valence-electron chi connectivity index (χ0n) is 11.4. The summed E-state index contributed by atoms with van der Waals surface area (Å²) >= 11 is 0. The van der Waals surface area contributed by atoms with E-state index in [-0.39, 0.29) is 12.3 Å². The number of sulfonamides is 1. The van der Waals surface area contributed by atoms with E-state index in [9.17, 15) is 8.42 Å². The summed E-state index contributed by atoms with van der Waals surface area (Å²) in [6, 6.07) is 5.33. The van der Waals surface area contributed by atoms with Crippen molar-refractivity contribution >= 4 is 15.7 Å². The van der Waals surface area contributed by atoms with Crippen LogP contribution in [-0.4, -0.2) is 20.7 Å². The van der Waals surface area contributed by atoms with Gasteiger partial charge in [-0.2, -0.15) is 0 Å². The Labute approximate surface area is 115 Å². The van der Waals surface area contributed by atoms with Crippen LogP contribution < -0.4 is 10.5 Å². The van der Waals surface area contributed by atoms with Crippen LogP contribution in [-0.2, 0) is 10.0 Å². The molecule has 0 radical (unpaired) electrons. The van der Waals surface area contributed by atoms with Gasteiger partial charge in [0.15, 0.2) is 0 Å². The van der Waals surface area contributed by atoms with Crippen molar-refractivity contribution in [3.05, 3.63) is 29.3 Å². The standard InChI is InChI=1S/C14H20N2O2S/c1-3-4-10-19(17,18)16-14-8-7-12(2)13(11-14)6-5-9-15/h7-8,11,16H,3-4,9-10,15H2,1-2H3. The summed E-state index contributed by atoms with van der Waals surface area (Å²) in [6.45, 7) is 4.17. The van der Waals surface area contributed by atoms with Crippen molar-refractivity contribution in [1.29, 1.82) is 0 Å². The predicted molar refractivity (Wildman–Crippen MR) is 79.4 cm³/mol. The van der Waals surface area contributed by atoms with Gasteiger partial charge in [0.05, 0.1) is 12.3 Å². The number of nitrogens with one attached hydrogen (secondary N) is 1. The van der Waals surface area contributed by atoms with Gasteiger partial charge >= 0.3 is 0 Å². The van der Waals surface area contributed by atoms with Crippen LogP contribution in [0.15, 0.2) is 18.2 Å². The molecule has 3 N–H and O–H groups in total. The van der Waals surface area contributed by atoms with E-state index in [1.807, 2.05) is 19.9 Å². The summed E-state index contributed by atoms with van der Waals surface area (Å²) in [5.41, 5.74) is 7.67. The second-order valence-electron chi connectivity index (χ2n) is 4.31. The minimum absolute atomic E-state index is 0.140. The van der Waals surface area contributed by atoms with Crippen LogP contribution >= 0.6 is 0 Å². The highest BCUT2D eigenvalue weighted by Gasteiger charge is 2.10. The van der Waals surface area contributed by atoms with Gasteiger partial charge in [-0.05, 0) is 31.0 Å². The molecule has 104 valence electrons. The maximum atomic E-state index is 11.8. The molecule has 0 atom stereocenters. The molecular weight excluding hydrogens is 260 g/mol. The summed E-state index contributed by atoms with van der Waals surface area (Å²) in [6.07, 6.45) is 1.50. The molecule has 19 heavy (non-hydrogen) atoms. The third kappa shape index (κ3) is 5.33. The summed E-state index contributed by atoms with van der Waals surface area (Å²) in [5, 5.41) is 0. The van der Waals surface area contributed by atoms with Crippen molar-refractivity contribution in [3.63, 3.8) is 0 Å². The summed E-state index contributed by atoms with van der Waals surface area (Å²) < 4.78 is 26.2. The average molecular weight is 280 g/mol. The lowest BCUT2D eigenvalue weighted by atomic mass is 10.1. The Bertz CT molecular complexity index is 583. The number of hydrogen-bond acceptors (Lipinski definition) is 3. The first kappa shape index (κ1) is 15.5. The molecule has 4 nitrogen and oxygen atoms in total. The lowest BCUT2D eigenvalue weighted by Gasteiger charge is -2.09. The molecule has 0 amide bonds. The van der Waals surface area contributed by atoms with Gasteiger partial charge in [-0.1, -0.05) is 31.3 Å². The number of nitrogens with two attached hydrogens (primary N) is 1. The molecule has 0 saturated heterocycles. The van der Waals surface area contributed by atoms with Gasteiger partial charge in [-0.3, -0.25) is 4.72 Å². The molecular formula is C14H20N2O2S. The molecule has 0 aliphatic heterocycles. The van der Waals surface area contributed by atoms with Crippen LogP contribution in [0.5, 0.6) is 0 Å². The normalized spacial score (nSPS) is 10.7. The SMILES string of the molecule is CCCCS(=O)(=O)Nc1ccc(C)c(C#CCN)c1. The van der Waals surface area contributed by atoms with Crippen LogP contribution in [0.25, 0.3) is 0 Å². The second kappa shape index (κ2) is 7.17. The topological polar surface area (TPSA) is 72.2 Å². The number of anilines is 1. The molecule has 0 bridgehead atoms. The average Bonchev–Trinajstić information content (AvgIpc) is 2.37. The maximum absolute atomic E-state index is 11.8. The Morgan fingerprint density at radius 3 is 2.74 bits per heavy atom. The molecule has 5 heteroatoms. The third-order valence-corrected chi connectivity index (χ3v) is 3.98. The highest BCUT2D eigenvalue weighted by Crippen LogP contribution is 2.16. The van der Waals surface area contributed by atoms with Crippen molar-refractivity contribution in [2.45, 2.75) is 26.7 Å². The fourth-order valence-electron chi connectivity index (χ4n) is 1.53. The Morgan fingerprint density at radius 1 is 1.37 bits per heavy atom. The zero-order valence-corrected chi connectivity index (χ0v) is 12.2. The van der Waals surface area contributed by atoms with E-state index in [2.05, 4.69) is 16.6 Å². The molecule has 0 heterocycles. The summed E-state index contributed by atoms with van der Waals surface area (Å²) in [7, 11) is -3.27. The lowest BCUT2D eigenvalue weighted by Crippen LogP contribution is -2.16. The monoisotopic (exact) mass is 280 g/mol. The number of benzene rings is 1. The molecule has 1 aromatic carbocycles. The molecule has 0 fully saturated rings. The zero-order chi connectivity index (χ0) is 14.3. The molecule has 0 aromatic heterocycles. The molecule has 0 spiro atoms. The van der Waals surface area contributed by atoms with Crippen LogP contribution in [0.4, 0.5) is 5.69 Å². The van der Waals surface area contributed by atoms with Crippen LogP contribution in [0.2, 0.25) is 0 Å². The van der Waals surface area contributed by atoms with Crippen LogP contribution in [0.1, 0.15) is 30.9 Å². The third-order valence-electron chi connectivity index (χ3n) is 2.60.